The molecule has 1 aliphatic carbocycles. The molecule has 1 fully saturated rings. The smallest absolute Gasteiger partial charge is 0.269 e. The van der Waals surface area contributed by atoms with E-state index in [1.165, 1.54) is 42.7 Å². The van der Waals surface area contributed by atoms with E-state index in [1.807, 2.05) is 16.0 Å². The number of benzene rings is 1. The molecule has 4 rings (SSSR count). The molecule has 130 valence electrons. The van der Waals surface area contributed by atoms with E-state index in [9.17, 15) is 9.18 Å². The fourth-order valence-electron chi connectivity index (χ4n) is 3.48. The topological polar surface area (TPSA) is 46.4 Å². The van der Waals surface area contributed by atoms with Crippen LogP contribution in [0.15, 0.2) is 35.8 Å². The number of imidazole rings is 1. The summed E-state index contributed by atoms with van der Waals surface area (Å²) in [6.07, 6.45) is 6.49. The molecular formula is C19H20FN3OS. The number of hydrogen-bond acceptors (Lipinski definition) is 3. The van der Waals surface area contributed by atoms with E-state index in [1.54, 1.807) is 12.1 Å². The predicted octanol–water partition coefficient (Wildman–Crippen LogP) is 4.51. The highest BCUT2D eigenvalue weighted by atomic mass is 32.1. The summed E-state index contributed by atoms with van der Waals surface area (Å²) in [5.41, 5.74) is 2.19. The Hall–Kier alpha value is -2.21. The standard InChI is InChI=1S/C19H20FN3OS/c1-12-4-2-3-5-15(12)21-18(24)17-11-25-19-22-16(10-23(17)19)13-6-8-14(20)9-7-13/h6-12,15H,2-5H2,1H3,(H,21,24). The Labute approximate surface area is 149 Å². The maximum atomic E-state index is 13.1. The second kappa shape index (κ2) is 6.59. The van der Waals surface area contributed by atoms with Gasteiger partial charge in [-0.05, 0) is 43.0 Å². The van der Waals surface area contributed by atoms with Crippen molar-refractivity contribution < 1.29 is 9.18 Å². The van der Waals surface area contributed by atoms with Crippen LogP contribution in [0.25, 0.3) is 16.2 Å². The zero-order valence-electron chi connectivity index (χ0n) is 14.0. The number of thiazole rings is 1. The Bertz CT molecular complexity index is 899. The highest BCUT2D eigenvalue weighted by Crippen LogP contribution is 2.26. The zero-order chi connectivity index (χ0) is 17.4. The van der Waals surface area contributed by atoms with Crippen LogP contribution < -0.4 is 5.32 Å². The zero-order valence-corrected chi connectivity index (χ0v) is 14.9. The van der Waals surface area contributed by atoms with Gasteiger partial charge < -0.3 is 5.32 Å². The summed E-state index contributed by atoms with van der Waals surface area (Å²) < 4.78 is 14.9. The van der Waals surface area contributed by atoms with E-state index in [0.29, 0.717) is 11.6 Å². The van der Waals surface area contributed by atoms with Gasteiger partial charge in [0, 0.05) is 23.2 Å². The van der Waals surface area contributed by atoms with Crippen LogP contribution in [0.2, 0.25) is 0 Å². The van der Waals surface area contributed by atoms with Gasteiger partial charge >= 0.3 is 0 Å². The summed E-state index contributed by atoms with van der Waals surface area (Å²) in [4.78, 5) is 18.0. The third-order valence-corrected chi connectivity index (χ3v) is 5.85. The number of nitrogens with one attached hydrogen (secondary N) is 1. The first kappa shape index (κ1) is 16.3. The van der Waals surface area contributed by atoms with Crippen LogP contribution in [0.3, 0.4) is 0 Å². The third kappa shape index (κ3) is 3.18. The molecule has 6 heteroatoms. The van der Waals surface area contributed by atoms with Crippen LogP contribution in [0, 0.1) is 11.7 Å². The van der Waals surface area contributed by atoms with Gasteiger partial charge in [0.25, 0.3) is 5.91 Å². The molecule has 0 radical (unpaired) electrons. The van der Waals surface area contributed by atoms with Crippen molar-refractivity contribution in [1.29, 1.82) is 0 Å². The van der Waals surface area contributed by atoms with Crippen LogP contribution in [-0.2, 0) is 0 Å². The van der Waals surface area contributed by atoms with Gasteiger partial charge in [0.05, 0.1) is 5.69 Å². The van der Waals surface area contributed by atoms with Crippen molar-refractivity contribution in [1.82, 2.24) is 14.7 Å². The largest absolute Gasteiger partial charge is 0.348 e. The predicted molar refractivity (Wildman–Crippen MR) is 97.3 cm³/mol. The molecule has 25 heavy (non-hydrogen) atoms. The van der Waals surface area contributed by atoms with Crippen LogP contribution in [0.5, 0.6) is 0 Å². The minimum Gasteiger partial charge on any atom is -0.348 e. The quantitative estimate of drug-likeness (QED) is 0.750. The maximum absolute atomic E-state index is 13.1. The van der Waals surface area contributed by atoms with E-state index in [-0.39, 0.29) is 17.8 Å². The number of carbonyl (C=O) groups excluding carboxylic acids is 1. The van der Waals surface area contributed by atoms with Gasteiger partial charge in [-0.2, -0.15) is 0 Å². The van der Waals surface area contributed by atoms with E-state index >= 15 is 0 Å². The van der Waals surface area contributed by atoms with Gasteiger partial charge in [-0.15, -0.1) is 11.3 Å². The minimum atomic E-state index is -0.272. The number of carbonyl (C=O) groups is 1. The second-order valence-electron chi connectivity index (χ2n) is 6.75. The number of rotatable bonds is 3. The average Bonchev–Trinajstić information content (AvgIpc) is 3.18. The Morgan fingerprint density at radius 2 is 2.04 bits per heavy atom. The lowest BCUT2D eigenvalue weighted by molar-refractivity contribution is 0.0904. The molecule has 2 aromatic heterocycles. The molecule has 1 amide bonds. The van der Waals surface area contributed by atoms with Crippen molar-refractivity contribution in [3.05, 3.63) is 47.4 Å². The molecule has 1 N–H and O–H groups in total. The number of halogens is 1. The Balaban J connectivity index is 1.59. The number of nitrogens with zero attached hydrogens (tertiary/aromatic N) is 2. The summed E-state index contributed by atoms with van der Waals surface area (Å²) in [5, 5.41) is 5.04. The Morgan fingerprint density at radius 1 is 1.28 bits per heavy atom. The molecule has 1 aromatic carbocycles. The number of hydrogen-bond donors (Lipinski definition) is 1. The molecular weight excluding hydrogens is 337 g/mol. The van der Waals surface area contributed by atoms with E-state index in [2.05, 4.69) is 17.2 Å². The highest BCUT2D eigenvalue weighted by molar-refractivity contribution is 7.15. The lowest BCUT2D eigenvalue weighted by Gasteiger charge is -2.29. The molecule has 4 nitrogen and oxygen atoms in total. The van der Waals surface area contributed by atoms with E-state index in [4.69, 9.17) is 0 Å². The van der Waals surface area contributed by atoms with Crippen molar-refractivity contribution in [2.75, 3.05) is 0 Å². The minimum absolute atomic E-state index is 0.0481. The molecule has 2 unspecified atom stereocenters. The lowest BCUT2D eigenvalue weighted by atomic mass is 9.86. The maximum Gasteiger partial charge on any atom is 0.269 e. The van der Waals surface area contributed by atoms with Gasteiger partial charge in [-0.25, -0.2) is 9.37 Å². The first-order valence-corrected chi connectivity index (χ1v) is 9.53. The summed E-state index contributed by atoms with van der Waals surface area (Å²) in [6.45, 7) is 2.21. The molecule has 3 aromatic rings. The first-order chi connectivity index (χ1) is 12.1. The van der Waals surface area contributed by atoms with Gasteiger partial charge in [-0.1, -0.05) is 19.8 Å². The van der Waals surface area contributed by atoms with Crippen molar-refractivity contribution in [2.24, 2.45) is 5.92 Å². The number of amides is 1. The summed E-state index contributed by atoms with van der Waals surface area (Å²) in [7, 11) is 0. The molecule has 1 saturated carbocycles. The monoisotopic (exact) mass is 357 g/mol. The van der Waals surface area contributed by atoms with Gasteiger partial charge in [-0.3, -0.25) is 9.20 Å². The summed E-state index contributed by atoms with van der Waals surface area (Å²) in [6, 6.07) is 6.48. The number of fused-ring (bicyclic) bond motifs is 1. The molecule has 0 aliphatic heterocycles. The van der Waals surface area contributed by atoms with Crippen LogP contribution in [-0.4, -0.2) is 21.3 Å². The van der Waals surface area contributed by atoms with Crippen LogP contribution in [0.4, 0.5) is 4.39 Å². The fourth-order valence-corrected chi connectivity index (χ4v) is 4.33. The average molecular weight is 357 g/mol. The van der Waals surface area contributed by atoms with E-state index < -0.39 is 0 Å². The number of aromatic nitrogens is 2. The van der Waals surface area contributed by atoms with Crippen LogP contribution in [0.1, 0.15) is 43.1 Å². The van der Waals surface area contributed by atoms with Gasteiger partial charge in [0.15, 0.2) is 4.96 Å². The third-order valence-electron chi connectivity index (χ3n) is 5.01. The van der Waals surface area contributed by atoms with Crippen molar-refractivity contribution in [2.45, 2.75) is 38.6 Å². The Kier molecular flexibility index (Phi) is 4.29. The molecule has 1 aliphatic rings. The summed E-state index contributed by atoms with van der Waals surface area (Å²) in [5.74, 6) is 0.198. The molecule has 0 spiro atoms. The molecule has 0 saturated heterocycles. The molecule has 2 heterocycles. The SMILES string of the molecule is CC1CCCCC1NC(=O)c1csc2nc(-c3ccc(F)cc3)cn12. The summed E-state index contributed by atoms with van der Waals surface area (Å²) >= 11 is 1.44. The normalized spacial score (nSPS) is 20.7. The van der Waals surface area contributed by atoms with Crippen molar-refractivity contribution in [3.8, 4) is 11.3 Å². The van der Waals surface area contributed by atoms with Crippen molar-refractivity contribution >= 4 is 22.2 Å². The van der Waals surface area contributed by atoms with E-state index in [0.717, 1.165) is 22.6 Å². The second-order valence-corrected chi connectivity index (χ2v) is 7.58. The molecule has 2 atom stereocenters. The fraction of sp³-hybridized carbons (Fsp3) is 0.368. The van der Waals surface area contributed by atoms with Crippen LogP contribution >= 0.6 is 11.3 Å². The van der Waals surface area contributed by atoms with Gasteiger partial charge in [0.1, 0.15) is 11.5 Å². The van der Waals surface area contributed by atoms with Crippen molar-refractivity contribution in [3.63, 3.8) is 0 Å². The lowest BCUT2D eigenvalue weighted by Crippen LogP contribution is -2.41. The Morgan fingerprint density at radius 3 is 2.80 bits per heavy atom. The highest BCUT2D eigenvalue weighted by Gasteiger charge is 2.24. The molecule has 0 bridgehead atoms. The first-order valence-electron chi connectivity index (χ1n) is 8.65. The van der Waals surface area contributed by atoms with Gasteiger partial charge in [0.2, 0.25) is 0 Å².